The maximum atomic E-state index is 12.1. The molecule has 0 saturated heterocycles. The van der Waals surface area contributed by atoms with Gasteiger partial charge in [0.25, 0.3) is 5.91 Å². The van der Waals surface area contributed by atoms with Crippen LogP contribution in [0.15, 0.2) is 0 Å². The van der Waals surface area contributed by atoms with Crippen molar-refractivity contribution in [2.75, 3.05) is 6.54 Å². The van der Waals surface area contributed by atoms with Crippen molar-refractivity contribution in [1.82, 2.24) is 25.3 Å². The molecule has 0 unspecified atom stereocenters. The van der Waals surface area contributed by atoms with Gasteiger partial charge in [-0.05, 0) is 39.2 Å². The van der Waals surface area contributed by atoms with E-state index in [2.05, 4.69) is 20.6 Å². The second-order valence-electron chi connectivity index (χ2n) is 5.14. The number of aryl methyl sites for hydroxylation is 4. The van der Waals surface area contributed by atoms with Crippen LogP contribution in [0, 0.1) is 20.8 Å². The molecule has 0 aliphatic heterocycles. The average molecular weight is 310 g/mol. The van der Waals surface area contributed by atoms with Gasteiger partial charge in [-0.25, -0.2) is 0 Å². The van der Waals surface area contributed by atoms with Crippen molar-refractivity contribution in [3.8, 4) is 0 Å². The Morgan fingerprint density at radius 2 is 2.05 bits per heavy atom. The molecule has 2 aromatic heterocycles. The summed E-state index contributed by atoms with van der Waals surface area (Å²) in [5, 5.41) is 14.6. The van der Waals surface area contributed by atoms with Crippen LogP contribution in [0.5, 0.6) is 0 Å². The monoisotopic (exact) mass is 309 g/mol. The number of carbonyl (C=O) groups is 1. The van der Waals surface area contributed by atoms with Crippen LogP contribution in [0.2, 0.25) is 5.02 Å². The highest BCUT2D eigenvalue weighted by molar-refractivity contribution is 6.34. The summed E-state index contributed by atoms with van der Waals surface area (Å²) >= 11 is 6.09. The van der Waals surface area contributed by atoms with Crippen molar-refractivity contribution in [2.45, 2.75) is 33.6 Å². The molecule has 2 rings (SSSR count). The minimum atomic E-state index is -0.191. The molecular weight excluding hydrogens is 290 g/mol. The summed E-state index contributed by atoms with van der Waals surface area (Å²) < 4.78 is 1.51. The van der Waals surface area contributed by atoms with Gasteiger partial charge in [-0.15, -0.1) is 0 Å². The first-order valence-electron chi connectivity index (χ1n) is 6.89. The van der Waals surface area contributed by atoms with Gasteiger partial charge in [0.05, 0.1) is 16.4 Å². The van der Waals surface area contributed by atoms with Gasteiger partial charge in [0.2, 0.25) is 0 Å². The van der Waals surface area contributed by atoms with E-state index in [0.29, 0.717) is 23.0 Å². The Labute approximate surface area is 128 Å². The largest absolute Gasteiger partial charge is 0.351 e. The van der Waals surface area contributed by atoms with Crippen LogP contribution >= 0.6 is 11.6 Å². The minimum absolute atomic E-state index is 0.191. The van der Waals surface area contributed by atoms with Gasteiger partial charge in [0.1, 0.15) is 5.69 Å². The topological polar surface area (TPSA) is 75.6 Å². The first-order valence-corrected chi connectivity index (χ1v) is 7.27. The zero-order valence-corrected chi connectivity index (χ0v) is 13.5. The number of amides is 1. The SMILES string of the molecule is Cc1nn(C)c(C(=O)NCCCc2c(C)n[nH]c2C)c1Cl. The third-order valence-electron chi connectivity index (χ3n) is 3.53. The lowest BCUT2D eigenvalue weighted by atomic mass is 10.1. The fourth-order valence-corrected chi connectivity index (χ4v) is 2.62. The van der Waals surface area contributed by atoms with Crippen molar-refractivity contribution < 1.29 is 4.79 Å². The van der Waals surface area contributed by atoms with Crippen molar-refractivity contribution in [1.29, 1.82) is 0 Å². The number of halogens is 1. The molecule has 1 amide bonds. The highest BCUT2D eigenvalue weighted by Crippen LogP contribution is 2.19. The third kappa shape index (κ3) is 3.26. The summed E-state index contributed by atoms with van der Waals surface area (Å²) in [5.41, 5.74) is 4.39. The third-order valence-corrected chi connectivity index (χ3v) is 3.99. The molecule has 0 aliphatic rings. The van der Waals surface area contributed by atoms with E-state index in [1.807, 2.05) is 13.8 Å². The first-order chi connectivity index (χ1) is 9.91. The maximum absolute atomic E-state index is 12.1. The van der Waals surface area contributed by atoms with Gasteiger partial charge < -0.3 is 5.32 Å². The molecule has 0 saturated carbocycles. The smallest absolute Gasteiger partial charge is 0.271 e. The number of rotatable bonds is 5. The van der Waals surface area contributed by atoms with Crippen LogP contribution in [-0.4, -0.2) is 32.4 Å². The molecule has 2 N–H and O–H groups in total. The summed E-state index contributed by atoms with van der Waals surface area (Å²) in [6.45, 7) is 6.36. The number of aromatic nitrogens is 4. The van der Waals surface area contributed by atoms with Crippen molar-refractivity contribution in [3.63, 3.8) is 0 Å². The lowest BCUT2D eigenvalue weighted by molar-refractivity contribution is 0.0944. The predicted molar refractivity (Wildman–Crippen MR) is 81.7 cm³/mol. The molecule has 114 valence electrons. The Balaban J connectivity index is 1.88. The summed E-state index contributed by atoms with van der Waals surface area (Å²) in [6.07, 6.45) is 1.73. The van der Waals surface area contributed by atoms with E-state index in [0.717, 1.165) is 24.2 Å². The molecule has 2 aromatic rings. The first kappa shape index (κ1) is 15.6. The highest BCUT2D eigenvalue weighted by Gasteiger charge is 2.18. The van der Waals surface area contributed by atoms with Crippen LogP contribution < -0.4 is 5.32 Å². The Morgan fingerprint density at radius 1 is 1.33 bits per heavy atom. The van der Waals surface area contributed by atoms with Gasteiger partial charge in [-0.2, -0.15) is 10.2 Å². The second-order valence-corrected chi connectivity index (χ2v) is 5.52. The van der Waals surface area contributed by atoms with Crippen molar-refractivity contribution in [3.05, 3.63) is 33.4 Å². The van der Waals surface area contributed by atoms with E-state index in [1.165, 1.54) is 10.2 Å². The molecule has 7 heteroatoms. The lowest BCUT2D eigenvalue weighted by Gasteiger charge is -2.06. The second kappa shape index (κ2) is 6.30. The number of hydrogen-bond donors (Lipinski definition) is 2. The molecule has 2 heterocycles. The molecule has 6 nitrogen and oxygen atoms in total. The molecule has 0 aliphatic carbocycles. The normalized spacial score (nSPS) is 10.9. The Morgan fingerprint density at radius 3 is 2.57 bits per heavy atom. The van der Waals surface area contributed by atoms with Crippen molar-refractivity contribution in [2.24, 2.45) is 7.05 Å². The molecule has 21 heavy (non-hydrogen) atoms. The molecule has 0 atom stereocenters. The number of H-pyrrole nitrogens is 1. The average Bonchev–Trinajstić information content (AvgIpc) is 2.87. The quantitative estimate of drug-likeness (QED) is 0.830. The fraction of sp³-hybridized carbons (Fsp3) is 0.500. The van der Waals surface area contributed by atoms with Crippen LogP contribution in [0.1, 0.15) is 39.6 Å². The number of nitrogens with one attached hydrogen (secondary N) is 2. The predicted octanol–water partition coefficient (Wildman–Crippen LogP) is 2.08. The van der Waals surface area contributed by atoms with E-state index in [-0.39, 0.29) is 5.91 Å². The fourth-order valence-electron chi connectivity index (χ4n) is 2.37. The molecule has 0 spiro atoms. The molecule has 0 fully saturated rings. The van der Waals surface area contributed by atoms with E-state index in [4.69, 9.17) is 11.6 Å². The van der Waals surface area contributed by atoms with Crippen LogP contribution in [0.3, 0.4) is 0 Å². The van der Waals surface area contributed by atoms with Crippen LogP contribution in [0.4, 0.5) is 0 Å². The Bertz CT molecular complexity index is 639. The molecule has 0 bridgehead atoms. The molecule has 0 radical (unpaired) electrons. The summed E-state index contributed by atoms with van der Waals surface area (Å²) in [6, 6.07) is 0. The van der Waals surface area contributed by atoms with Gasteiger partial charge in [-0.3, -0.25) is 14.6 Å². The maximum Gasteiger partial charge on any atom is 0.271 e. The Kier molecular flexibility index (Phi) is 4.67. The summed E-state index contributed by atoms with van der Waals surface area (Å²) in [5.74, 6) is -0.191. The number of carbonyl (C=O) groups excluding carboxylic acids is 1. The molecular formula is C14H20ClN5O. The van der Waals surface area contributed by atoms with Gasteiger partial charge >= 0.3 is 0 Å². The van der Waals surface area contributed by atoms with Gasteiger partial charge in [0, 0.05) is 19.3 Å². The van der Waals surface area contributed by atoms with E-state index in [9.17, 15) is 4.79 Å². The standard InChI is InChI=1S/C14H20ClN5O/c1-8-11(9(2)18-17-8)6-5-7-16-14(21)13-12(15)10(3)19-20(13)4/h5-7H2,1-4H3,(H,16,21)(H,17,18). The number of nitrogens with zero attached hydrogens (tertiary/aromatic N) is 3. The zero-order chi connectivity index (χ0) is 15.6. The number of aromatic amines is 1. The van der Waals surface area contributed by atoms with Crippen molar-refractivity contribution >= 4 is 17.5 Å². The zero-order valence-electron chi connectivity index (χ0n) is 12.7. The summed E-state index contributed by atoms with van der Waals surface area (Å²) in [7, 11) is 1.71. The van der Waals surface area contributed by atoms with E-state index < -0.39 is 0 Å². The van der Waals surface area contributed by atoms with Crippen LogP contribution in [-0.2, 0) is 13.5 Å². The summed E-state index contributed by atoms with van der Waals surface area (Å²) in [4.78, 5) is 12.1. The molecule has 0 aromatic carbocycles. The van der Waals surface area contributed by atoms with E-state index >= 15 is 0 Å². The van der Waals surface area contributed by atoms with Gasteiger partial charge in [-0.1, -0.05) is 11.6 Å². The van der Waals surface area contributed by atoms with Crippen LogP contribution in [0.25, 0.3) is 0 Å². The minimum Gasteiger partial charge on any atom is -0.351 e. The highest BCUT2D eigenvalue weighted by atomic mass is 35.5. The van der Waals surface area contributed by atoms with Gasteiger partial charge in [0.15, 0.2) is 0 Å². The lowest BCUT2D eigenvalue weighted by Crippen LogP contribution is -2.27. The van der Waals surface area contributed by atoms with E-state index in [1.54, 1.807) is 14.0 Å². The number of hydrogen-bond acceptors (Lipinski definition) is 3. The Hall–Kier alpha value is -1.82.